The fourth-order valence-electron chi connectivity index (χ4n) is 2.18. The largest absolute Gasteiger partial charge is 0.497 e. The number of ketones is 1. The highest BCUT2D eigenvalue weighted by molar-refractivity contribution is 6.53. The first-order valence-corrected chi connectivity index (χ1v) is 5.84. The van der Waals surface area contributed by atoms with Gasteiger partial charge in [-0.05, 0) is 30.3 Å². The molecule has 1 aliphatic rings. The average Bonchev–Trinajstić information content (AvgIpc) is 2.71. The fraction of sp³-hybridized carbons (Fsp3) is 0.0667. The van der Waals surface area contributed by atoms with Crippen LogP contribution >= 0.6 is 0 Å². The molecule has 0 unspecified atom stereocenters. The molecule has 2 aromatic rings. The number of carbonyl (C=O) groups excluding carboxylic acids is 2. The molecule has 1 amide bonds. The molecule has 4 nitrogen and oxygen atoms in total. The highest BCUT2D eigenvalue weighted by atomic mass is 16.5. The Morgan fingerprint density at radius 2 is 1.74 bits per heavy atom. The van der Waals surface area contributed by atoms with Crippen LogP contribution in [0.25, 0.3) is 0 Å². The zero-order valence-electron chi connectivity index (χ0n) is 10.3. The van der Waals surface area contributed by atoms with Crippen LogP contribution in [0, 0.1) is 0 Å². The van der Waals surface area contributed by atoms with Gasteiger partial charge in [-0.15, -0.1) is 0 Å². The molecule has 19 heavy (non-hydrogen) atoms. The molecule has 1 aliphatic heterocycles. The van der Waals surface area contributed by atoms with Crippen LogP contribution in [0.3, 0.4) is 0 Å². The normalized spacial score (nSPS) is 13.6. The second-order valence-corrected chi connectivity index (χ2v) is 4.19. The number of hydrogen-bond acceptors (Lipinski definition) is 3. The molecule has 4 heteroatoms. The van der Waals surface area contributed by atoms with Crippen molar-refractivity contribution in [1.29, 1.82) is 0 Å². The van der Waals surface area contributed by atoms with Crippen molar-refractivity contribution < 1.29 is 14.3 Å². The zero-order valence-corrected chi connectivity index (χ0v) is 10.3. The Labute approximate surface area is 110 Å². The van der Waals surface area contributed by atoms with Gasteiger partial charge in [0.2, 0.25) is 0 Å². The van der Waals surface area contributed by atoms with Crippen LogP contribution in [0.1, 0.15) is 10.4 Å². The van der Waals surface area contributed by atoms with E-state index in [9.17, 15) is 9.59 Å². The van der Waals surface area contributed by atoms with Crippen LogP contribution in [-0.4, -0.2) is 18.8 Å². The Kier molecular flexibility index (Phi) is 2.56. The summed E-state index contributed by atoms with van der Waals surface area (Å²) in [5, 5.41) is 0. The highest BCUT2D eigenvalue weighted by Crippen LogP contribution is 2.36. The number of Topliss-reactive ketones (excluding diaryl/α,β-unsaturated/α-hetero) is 1. The number of fused-ring (bicyclic) bond motifs is 1. The number of carbonyl (C=O) groups is 2. The summed E-state index contributed by atoms with van der Waals surface area (Å²) in [6, 6.07) is 14.2. The number of hydrogen-bond donors (Lipinski definition) is 0. The van der Waals surface area contributed by atoms with E-state index >= 15 is 0 Å². The van der Waals surface area contributed by atoms with Crippen LogP contribution in [0.4, 0.5) is 11.4 Å². The molecule has 0 atom stereocenters. The van der Waals surface area contributed by atoms with Gasteiger partial charge in [0.1, 0.15) is 5.75 Å². The van der Waals surface area contributed by atoms with Crippen molar-refractivity contribution in [3.8, 4) is 5.75 Å². The Morgan fingerprint density at radius 3 is 2.42 bits per heavy atom. The van der Waals surface area contributed by atoms with Gasteiger partial charge in [-0.3, -0.25) is 14.5 Å². The molecule has 0 saturated carbocycles. The molecular formula is C15H11NO3. The number of methoxy groups -OCH3 is 1. The van der Waals surface area contributed by atoms with Gasteiger partial charge in [0.15, 0.2) is 0 Å². The van der Waals surface area contributed by atoms with Crippen LogP contribution < -0.4 is 9.64 Å². The third-order valence-corrected chi connectivity index (χ3v) is 3.10. The first-order valence-electron chi connectivity index (χ1n) is 5.84. The van der Waals surface area contributed by atoms with E-state index in [0.717, 1.165) is 0 Å². The third-order valence-electron chi connectivity index (χ3n) is 3.10. The molecule has 94 valence electrons. The Hall–Kier alpha value is -2.62. The molecule has 1 heterocycles. The van der Waals surface area contributed by atoms with Gasteiger partial charge in [0, 0.05) is 5.69 Å². The smallest absolute Gasteiger partial charge is 0.304 e. The first-order chi connectivity index (χ1) is 9.22. The lowest BCUT2D eigenvalue weighted by atomic mass is 10.1. The van der Waals surface area contributed by atoms with Crippen LogP contribution in [0.2, 0.25) is 0 Å². The number of benzene rings is 2. The summed E-state index contributed by atoms with van der Waals surface area (Å²) < 4.78 is 5.08. The Balaban J connectivity index is 2.16. The molecule has 0 spiro atoms. The molecule has 0 bridgehead atoms. The van der Waals surface area contributed by atoms with Gasteiger partial charge in [-0.1, -0.05) is 18.2 Å². The lowest BCUT2D eigenvalue weighted by molar-refractivity contribution is -0.113. The average molecular weight is 253 g/mol. The summed E-state index contributed by atoms with van der Waals surface area (Å²) in [5.74, 6) is -0.470. The van der Waals surface area contributed by atoms with E-state index in [1.54, 1.807) is 30.3 Å². The summed E-state index contributed by atoms with van der Waals surface area (Å²) in [4.78, 5) is 25.5. The number of anilines is 2. The topological polar surface area (TPSA) is 46.6 Å². The zero-order chi connectivity index (χ0) is 13.4. The number of amides is 1. The number of rotatable bonds is 2. The molecule has 0 N–H and O–H groups in total. The fourth-order valence-corrected chi connectivity index (χ4v) is 2.18. The van der Waals surface area contributed by atoms with Crippen molar-refractivity contribution in [1.82, 2.24) is 0 Å². The predicted octanol–water partition coefficient (Wildman–Crippen LogP) is 2.56. The van der Waals surface area contributed by atoms with Gasteiger partial charge in [0.05, 0.1) is 18.4 Å². The predicted molar refractivity (Wildman–Crippen MR) is 70.9 cm³/mol. The van der Waals surface area contributed by atoms with Gasteiger partial charge < -0.3 is 4.74 Å². The first kappa shape index (κ1) is 11.5. The van der Waals surface area contributed by atoms with Crippen LogP contribution in [0.5, 0.6) is 5.75 Å². The number of ether oxygens (including phenoxy) is 1. The van der Waals surface area contributed by atoms with Gasteiger partial charge >= 0.3 is 5.91 Å². The minimum absolute atomic E-state index is 0.383. The Morgan fingerprint density at radius 1 is 1.00 bits per heavy atom. The van der Waals surface area contributed by atoms with E-state index in [2.05, 4.69) is 0 Å². The van der Waals surface area contributed by atoms with Crippen LogP contribution in [0.15, 0.2) is 48.5 Å². The van der Waals surface area contributed by atoms with E-state index < -0.39 is 11.7 Å². The molecule has 0 aliphatic carbocycles. The molecule has 0 aromatic heterocycles. The van der Waals surface area contributed by atoms with Crippen molar-refractivity contribution in [2.75, 3.05) is 12.0 Å². The third kappa shape index (κ3) is 1.69. The summed E-state index contributed by atoms with van der Waals surface area (Å²) >= 11 is 0. The summed E-state index contributed by atoms with van der Waals surface area (Å²) in [5.41, 5.74) is 1.67. The van der Waals surface area contributed by atoms with Crippen molar-refractivity contribution in [3.63, 3.8) is 0 Å². The maximum atomic E-state index is 12.1. The number of nitrogens with zero attached hydrogens (tertiary/aromatic N) is 1. The van der Waals surface area contributed by atoms with E-state index in [1.165, 1.54) is 12.0 Å². The molecule has 0 radical (unpaired) electrons. The van der Waals surface area contributed by atoms with E-state index in [1.807, 2.05) is 18.2 Å². The molecule has 0 saturated heterocycles. The quantitative estimate of drug-likeness (QED) is 0.773. The SMILES string of the molecule is COc1ccc2c(c1)C(=O)C(=O)N2c1ccccc1. The van der Waals surface area contributed by atoms with Crippen molar-refractivity contribution >= 4 is 23.1 Å². The van der Waals surface area contributed by atoms with E-state index in [4.69, 9.17) is 4.74 Å². The van der Waals surface area contributed by atoms with E-state index in [-0.39, 0.29) is 0 Å². The summed E-state index contributed by atoms with van der Waals surface area (Å²) in [6.45, 7) is 0. The number of para-hydroxylation sites is 1. The lowest BCUT2D eigenvalue weighted by Crippen LogP contribution is -2.24. The van der Waals surface area contributed by atoms with Gasteiger partial charge in [-0.25, -0.2) is 0 Å². The van der Waals surface area contributed by atoms with Crippen molar-refractivity contribution in [2.45, 2.75) is 0 Å². The van der Waals surface area contributed by atoms with Crippen molar-refractivity contribution in [2.24, 2.45) is 0 Å². The standard InChI is InChI=1S/C15H11NO3/c1-19-11-7-8-13-12(9-11)14(17)15(18)16(13)10-5-3-2-4-6-10/h2-9H,1H3. The highest BCUT2D eigenvalue weighted by Gasteiger charge is 2.36. The van der Waals surface area contributed by atoms with Crippen LogP contribution in [-0.2, 0) is 4.79 Å². The minimum Gasteiger partial charge on any atom is -0.497 e. The maximum Gasteiger partial charge on any atom is 0.304 e. The van der Waals surface area contributed by atoms with Gasteiger partial charge in [0.25, 0.3) is 5.78 Å². The second kappa shape index (κ2) is 4.24. The monoisotopic (exact) mass is 253 g/mol. The lowest BCUT2D eigenvalue weighted by Gasteiger charge is -2.16. The minimum atomic E-state index is -0.533. The molecule has 3 rings (SSSR count). The maximum absolute atomic E-state index is 12.1. The van der Waals surface area contributed by atoms with Gasteiger partial charge in [-0.2, -0.15) is 0 Å². The Bertz CT molecular complexity index is 664. The molecule has 0 fully saturated rings. The molecule has 2 aromatic carbocycles. The molecular weight excluding hydrogens is 242 g/mol. The van der Waals surface area contributed by atoms with E-state index in [0.29, 0.717) is 22.7 Å². The van der Waals surface area contributed by atoms with Crippen molar-refractivity contribution in [3.05, 3.63) is 54.1 Å². The summed E-state index contributed by atoms with van der Waals surface area (Å²) in [7, 11) is 1.53. The second-order valence-electron chi connectivity index (χ2n) is 4.19. The summed E-state index contributed by atoms with van der Waals surface area (Å²) in [6.07, 6.45) is 0.